The van der Waals surface area contributed by atoms with Gasteiger partial charge < -0.3 is 30.2 Å². The van der Waals surface area contributed by atoms with E-state index in [2.05, 4.69) is 88.3 Å². The van der Waals surface area contributed by atoms with Crippen molar-refractivity contribution >= 4 is 55.1 Å². The lowest BCUT2D eigenvalue weighted by Gasteiger charge is -2.34. The Hall–Kier alpha value is -6.54. The number of sulfonamides is 2. The van der Waals surface area contributed by atoms with E-state index in [4.69, 9.17) is 14.7 Å². The molecule has 5 aromatic rings. The molecule has 8 heterocycles. The van der Waals surface area contributed by atoms with Crippen LogP contribution < -0.4 is 40.0 Å². The van der Waals surface area contributed by atoms with Crippen molar-refractivity contribution in [2.45, 2.75) is 146 Å². The van der Waals surface area contributed by atoms with Crippen LogP contribution in [-0.4, -0.2) is 85.8 Å². The second kappa shape index (κ2) is 20.9. The second-order valence-electron chi connectivity index (χ2n) is 23.5. The third-order valence-electron chi connectivity index (χ3n) is 14.3. The number of carbonyl (C=O) groups excluding carboxylic acids is 2. The van der Waals surface area contributed by atoms with Gasteiger partial charge in [-0.3, -0.25) is 14.4 Å². The van der Waals surface area contributed by atoms with Crippen LogP contribution in [-0.2, 0) is 37.5 Å². The summed E-state index contributed by atoms with van der Waals surface area (Å²) in [7, 11) is -8.65. The molecule has 2 atom stereocenters. The highest BCUT2D eigenvalue weighted by molar-refractivity contribution is 7.90. The highest BCUT2D eigenvalue weighted by Crippen LogP contribution is 2.42. The van der Waals surface area contributed by atoms with Gasteiger partial charge in [0.1, 0.15) is 35.6 Å². The summed E-state index contributed by atoms with van der Waals surface area (Å²) in [5.41, 5.74) is 1.56. The van der Waals surface area contributed by atoms with Gasteiger partial charge in [0.15, 0.2) is 15.5 Å². The van der Waals surface area contributed by atoms with E-state index in [1.54, 1.807) is 30.3 Å². The normalized spacial score (nSPS) is 21.0. The van der Waals surface area contributed by atoms with Crippen molar-refractivity contribution in [2.75, 3.05) is 46.6 Å². The summed E-state index contributed by atoms with van der Waals surface area (Å²) in [4.78, 5) is 60.3. The van der Waals surface area contributed by atoms with Gasteiger partial charge in [-0.2, -0.15) is 16.8 Å². The molecule has 0 spiro atoms. The Bertz CT molecular complexity index is 3240. The Morgan fingerprint density at radius 1 is 0.640 bits per heavy atom. The Morgan fingerprint density at radius 2 is 1.16 bits per heavy atom. The first-order valence-corrected chi connectivity index (χ1v) is 28.7. The summed E-state index contributed by atoms with van der Waals surface area (Å²) in [5, 5.41) is 5.71. The molecule has 4 aliphatic heterocycles. The number of nitrogens with zero attached hydrogens (tertiary/aromatic N) is 5. The molecule has 8 bridgehead atoms. The average Bonchev–Trinajstić information content (AvgIpc) is 3.81. The molecule has 20 heteroatoms. The molecule has 9 rings (SSSR count). The Kier molecular flexibility index (Phi) is 15.2. The number of rotatable bonds is 3. The number of benzene rings is 1. The predicted octanol–water partition coefficient (Wildman–Crippen LogP) is 8.28. The highest BCUT2D eigenvalue weighted by atomic mass is 32.2. The molecule has 2 saturated heterocycles. The molecule has 0 radical (unpaired) electrons. The highest BCUT2D eigenvalue weighted by Gasteiger charge is 2.43. The SMILES string of the molecule is CC(C)(C)c1ccc2c(n1)N1CC(CCCNc3cc(=O)cc([nH]3)S(=O)(=O)NC2=O)CC1(C)C.CC(C)(C)c1ccc2c(n1)N1CC(CCCNc3cc(OCc4ccccc4)cc(n3)S(=O)(=O)NC2=O)CC1(C)C. The Labute approximate surface area is 441 Å². The van der Waals surface area contributed by atoms with E-state index in [1.807, 2.05) is 51.1 Å². The van der Waals surface area contributed by atoms with Crippen molar-refractivity contribution in [3.8, 4) is 5.75 Å². The van der Waals surface area contributed by atoms with Crippen LogP contribution in [0.5, 0.6) is 5.75 Å². The fraction of sp³-hybridized carbons (Fsp3) is 0.491. The molecule has 0 saturated carbocycles. The lowest BCUT2D eigenvalue weighted by atomic mass is 9.91. The Morgan fingerprint density at radius 3 is 1.69 bits per heavy atom. The molecule has 0 aliphatic carbocycles. The summed E-state index contributed by atoms with van der Waals surface area (Å²) in [6.07, 6.45) is 5.54. The first-order chi connectivity index (χ1) is 35.1. The lowest BCUT2D eigenvalue weighted by molar-refractivity contribution is 0.0972. The van der Waals surface area contributed by atoms with Crippen molar-refractivity contribution in [2.24, 2.45) is 11.8 Å². The number of anilines is 4. The standard InChI is InChI=1S/C31H39N5O4S.C24H33N5O4S/c1-30(2,3)25-14-13-24-28(33-25)36-19-22(18-31(36,4)5)12-9-15-32-26-16-23(40-20-21-10-7-6-8-11-21)17-27(34-26)41(38,39)35-29(24)37;1-23(2,3)18-9-8-17-21(26-18)29-14-15(13-24(29,4)5)7-6-10-25-19-11-16(30)12-20(27-19)34(32,33)28-22(17)31/h6-8,10-11,13-14,16-17,22H,9,12,15,18-20H2,1-5H3,(H,32,34)(H,35,37);8-9,11-12,15H,6-7,10,13-14H2,1-5H3,(H,28,31)(H2,25,27,30). The number of aromatic nitrogens is 4. The number of pyridine rings is 4. The number of hydrogen-bond acceptors (Lipinski definition) is 15. The number of fused-ring (bicyclic) bond motifs is 12. The maximum atomic E-state index is 13.7. The largest absolute Gasteiger partial charge is 0.489 e. The summed E-state index contributed by atoms with van der Waals surface area (Å²) in [6, 6.07) is 21.8. The van der Waals surface area contributed by atoms with Gasteiger partial charge in [0.2, 0.25) is 0 Å². The van der Waals surface area contributed by atoms with Crippen molar-refractivity contribution in [1.82, 2.24) is 29.4 Å². The van der Waals surface area contributed by atoms with Crippen molar-refractivity contribution < 1.29 is 31.2 Å². The quantitative estimate of drug-likeness (QED) is 0.114. The van der Waals surface area contributed by atoms with E-state index in [0.717, 1.165) is 74.6 Å². The van der Waals surface area contributed by atoms with Crippen LogP contribution in [0.2, 0.25) is 0 Å². The molecule has 2 fully saturated rings. The first kappa shape index (κ1) is 54.7. The third kappa shape index (κ3) is 12.8. The average molecular weight is 1070 g/mol. The van der Waals surface area contributed by atoms with Crippen LogP contribution in [0.15, 0.2) is 93.7 Å². The summed E-state index contributed by atoms with van der Waals surface area (Å²) in [5.74, 6) is 1.30. The molecular formula is C55H72N10O8S2. The minimum atomic E-state index is -4.33. The predicted molar refractivity (Wildman–Crippen MR) is 292 cm³/mol. The number of amides is 2. The van der Waals surface area contributed by atoms with Gasteiger partial charge in [-0.25, -0.2) is 24.4 Å². The molecule has 75 heavy (non-hydrogen) atoms. The number of nitrogens with one attached hydrogen (secondary N) is 5. The second-order valence-corrected chi connectivity index (χ2v) is 26.8. The van der Waals surface area contributed by atoms with Crippen LogP contribution in [0.1, 0.15) is 145 Å². The zero-order valence-corrected chi connectivity index (χ0v) is 46.4. The Balaban J connectivity index is 0.000000203. The van der Waals surface area contributed by atoms with Crippen LogP contribution in [0.25, 0.3) is 0 Å². The maximum absolute atomic E-state index is 13.7. The number of hydrogen-bond donors (Lipinski definition) is 5. The molecule has 2 unspecified atom stereocenters. The maximum Gasteiger partial charge on any atom is 0.282 e. The fourth-order valence-corrected chi connectivity index (χ4v) is 12.3. The van der Waals surface area contributed by atoms with E-state index < -0.39 is 37.3 Å². The molecular weight excluding hydrogens is 993 g/mol. The van der Waals surface area contributed by atoms with Crippen molar-refractivity contribution in [1.29, 1.82) is 0 Å². The molecule has 402 valence electrons. The summed E-state index contributed by atoms with van der Waals surface area (Å²) in [6.45, 7) is 23.9. The van der Waals surface area contributed by atoms with E-state index in [1.165, 1.54) is 12.1 Å². The van der Waals surface area contributed by atoms with Crippen LogP contribution >= 0.6 is 0 Å². The summed E-state index contributed by atoms with van der Waals surface area (Å²) < 4.78 is 63.5. The van der Waals surface area contributed by atoms with E-state index in [0.29, 0.717) is 53.9 Å². The van der Waals surface area contributed by atoms with Gasteiger partial charge in [-0.15, -0.1) is 0 Å². The lowest BCUT2D eigenvalue weighted by Crippen LogP contribution is -2.41. The first-order valence-electron chi connectivity index (χ1n) is 25.7. The van der Waals surface area contributed by atoms with Crippen LogP contribution in [0.4, 0.5) is 23.3 Å². The van der Waals surface area contributed by atoms with Crippen molar-refractivity contribution in [3.63, 3.8) is 0 Å². The van der Waals surface area contributed by atoms with Crippen molar-refractivity contribution in [3.05, 3.63) is 117 Å². The van der Waals surface area contributed by atoms with Gasteiger partial charge in [0, 0.05) is 83.7 Å². The van der Waals surface area contributed by atoms with E-state index >= 15 is 0 Å². The van der Waals surface area contributed by atoms with Gasteiger partial charge in [0.25, 0.3) is 31.9 Å². The zero-order valence-electron chi connectivity index (χ0n) is 44.8. The van der Waals surface area contributed by atoms with Crippen LogP contribution in [0.3, 0.4) is 0 Å². The number of ether oxygens (including phenoxy) is 1. The molecule has 4 aliphatic rings. The molecule has 4 aromatic heterocycles. The smallest absolute Gasteiger partial charge is 0.282 e. The number of aromatic amines is 1. The minimum Gasteiger partial charge on any atom is -0.489 e. The van der Waals surface area contributed by atoms with Gasteiger partial charge in [0.05, 0.1) is 11.1 Å². The zero-order chi connectivity index (χ0) is 54.3. The molecule has 2 amide bonds. The van der Waals surface area contributed by atoms with Gasteiger partial charge in [-0.05, 0) is 108 Å². The molecule has 18 nitrogen and oxygen atoms in total. The third-order valence-corrected chi connectivity index (χ3v) is 16.7. The topological polar surface area (TPSA) is 238 Å². The fourth-order valence-electron chi connectivity index (χ4n) is 10.4. The number of H-pyrrole nitrogens is 1. The monoisotopic (exact) mass is 1060 g/mol. The van der Waals surface area contributed by atoms with Crippen LogP contribution in [0, 0.1) is 11.8 Å². The molecule has 1 aromatic carbocycles. The van der Waals surface area contributed by atoms with E-state index in [9.17, 15) is 31.2 Å². The van der Waals surface area contributed by atoms with E-state index in [-0.39, 0.29) is 49.7 Å². The van der Waals surface area contributed by atoms with Gasteiger partial charge >= 0.3 is 0 Å². The summed E-state index contributed by atoms with van der Waals surface area (Å²) >= 11 is 0. The van der Waals surface area contributed by atoms with Gasteiger partial charge in [-0.1, -0.05) is 71.9 Å². The number of carbonyl (C=O) groups is 2. The minimum absolute atomic E-state index is 0.191. The molecule has 5 N–H and O–H groups in total.